The van der Waals surface area contributed by atoms with Crippen LogP contribution in [0.3, 0.4) is 0 Å². The summed E-state index contributed by atoms with van der Waals surface area (Å²) in [6.45, 7) is 1.77. The Morgan fingerprint density at radius 2 is 2.22 bits per heavy atom. The third-order valence-electron chi connectivity index (χ3n) is 4.33. The van der Waals surface area contributed by atoms with Crippen LogP contribution in [0.5, 0.6) is 0 Å². The number of benzene rings is 1. The number of likely N-dealkylation sites (tertiary alicyclic amines) is 1. The maximum atomic E-state index is 12.3. The first kappa shape index (κ1) is 16.0. The molecule has 122 valence electrons. The average molecular weight is 333 g/mol. The van der Waals surface area contributed by atoms with Gasteiger partial charge in [0.05, 0.1) is 23.5 Å². The molecular weight excluding hydrogens is 312 g/mol. The van der Waals surface area contributed by atoms with Crippen LogP contribution in [0.4, 0.5) is 0 Å². The lowest BCUT2D eigenvalue weighted by Crippen LogP contribution is -2.27. The molecule has 0 radical (unpaired) electrons. The van der Waals surface area contributed by atoms with E-state index < -0.39 is 0 Å². The molecule has 1 aromatic carbocycles. The van der Waals surface area contributed by atoms with Crippen LogP contribution in [-0.2, 0) is 6.54 Å². The standard InChI is InChI=1S/C17H21ClN4O/c1-21(2)17(23)13-10-19-20-16(13)15-8-5-9-22(15)11-12-6-3-4-7-14(12)18/h3-4,6-7,10,15H,5,8-9,11H2,1-2H3,(H,19,20). The quantitative estimate of drug-likeness (QED) is 0.936. The summed E-state index contributed by atoms with van der Waals surface area (Å²) < 4.78 is 0. The van der Waals surface area contributed by atoms with Gasteiger partial charge in [0.25, 0.3) is 5.91 Å². The minimum Gasteiger partial charge on any atom is -0.345 e. The minimum absolute atomic E-state index is 0.0154. The fraction of sp³-hybridized carbons (Fsp3) is 0.412. The van der Waals surface area contributed by atoms with Crippen molar-refractivity contribution in [3.63, 3.8) is 0 Å². The molecule has 3 rings (SSSR count). The SMILES string of the molecule is CN(C)C(=O)c1cn[nH]c1C1CCCN1Cc1ccccc1Cl. The molecule has 1 saturated heterocycles. The third-order valence-corrected chi connectivity index (χ3v) is 4.70. The zero-order valence-corrected chi connectivity index (χ0v) is 14.2. The van der Waals surface area contributed by atoms with Crippen molar-refractivity contribution in [2.45, 2.75) is 25.4 Å². The number of carbonyl (C=O) groups is 1. The molecule has 1 aliphatic rings. The van der Waals surface area contributed by atoms with Gasteiger partial charge in [0.15, 0.2) is 0 Å². The molecule has 1 N–H and O–H groups in total. The molecule has 2 aromatic rings. The van der Waals surface area contributed by atoms with E-state index in [2.05, 4.69) is 21.2 Å². The predicted octanol–water partition coefficient (Wildman–Crippen LogP) is 3.10. The molecule has 1 unspecified atom stereocenters. The summed E-state index contributed by atoms with van der Waals surface area (Å²) in [6.07, 6.45) is 3.74. The van der Waals surface area contributed by atoms with E-state index in [1.807, 2.05) is 18.2 Å². The molecule has 1 aromatic heterocycles. The first-order valence-electron chi connectivity index (χ1n) is 7.80. The monoisotopic (exact) mass is 332 g/mol. The van der Waals surface area contributed by atoms with Crippen LogP contribution in [0.15, 0.2) is 30.5 Å². The highest BCUT2D eigenvalue weighted by Crippen LogP contribution is 2.34. The number of hydrogen-bond donors (Lipinski definition) is 1. The smallest absolute Gasteiger partial charge is 0.256 e. The fourth-order valence-electron chi connectivity index (χ4n) is 3.15. The van der Waals surface area contributed by atoms with E-state index in [1.165, 1.54) is 0 Å². The molecule has 0 bridgehead atoms. The molecule has 1 aliphatic heterocycles. The van der Waals surface area contributed by atoms with E-state index in [0.717, 1.165) is 42.2 Å². The summed E-state index contributed by atoms with van der Waals surface area (Å²) in [5.74, 6) is -0.0154. The molecule has 1 amide bonds. The number of halogens is 1. The molecular formula is C17H21ClN4O. The second kappa shape index (κ2) is 6.72. The van der Waals surface area contributed by atoms with Gasteiger partial charge >= 0.3 is 0 Å². The molecule has 6 heteroatoms. The molecule has 1 fully saturated rings. The van der Waals surface area contributed by atoms with E-state index in [-0.39, 0.29) is 11.9 Å². The zero-order valence-electron chi connectivity index (χ0n) is 13.4. The summed E-state index contributed by atoms with van der Waals surface area (Å²) in [5, 5.41) is 7.93. The zero-order chi connectivity index (χ0) is 16.4. The maximum absolute atomic E-state index is 12.3. The van der Waals surface area contributed by atoms with Gasteiger partial charge in [-0.15, -0.1) is 0 Å². The van der Waals surface area contributed by atoms with Crippen molar-refractivity contribution in [1.82, 2.24) is 20.0 Å². The van der Waals surface area contributed by atoms with Gasteiger partial charge in [-0.2, -0.15) is 5.10 Å². The second-order valence-electron chi connectivity index (χ2n) is 6.12. The Bertz CT molecular complexity index is 697. The van der Waals surface area contributed by atoms with Gasteiger partial charge in [0.1, 0.15) is 0 Å². The molecule has 23 heavy (non-hydrogen) atoms. The van der Waals surface area contributed by atoms with Gasteiger partial charge in [0.2, 0.25) is 0 Å². The minimum atomic E-state index is -0.0154. The van der Waals surface area contributed by atoms with Crippen LogP contribution >= 0.6 is 11.6 Å². The number of rotatable bonds is 4. The Labute approximate surface area is 141 Å². The van der Waals surface area contributed by atoms with Crippen molar-refractivity contribution in [2.75, 3.05) is 20.6 Å². The fourth-order valence-corrected chi connectivity index (χ4v) is 3.34. The Kier molecular flexibility index (Phi) is 4.68. The van der Waals surface area contributed by atoms with Gasteiger partial charge in [-0.3, -0.25) is 14.8 Å². The summed E-state index contributed by atoms with van der Waals surface area (Å²) >= 11 is 6.29. The van der Waals surface area contributed by atoms with Crippen molar-refractivity contribution in [1.29, 1.82) is 0 Å². The number of amides is 1. The van der Waals surface area contributed by atoms with Crippen molar-refractivity contribution >= 4 is 17.5 Å². The summed E-state index contributed by atoms with van der Waals surface area (Å²) in [6, 6.07) is 8.09. The van der Waals surface area contributed by atoms with Crippen molar-refractivity contribution in [2.24, 2.45) is 0 Å². The largest absolute Gasteiger partial charge is 0.345 e. The summed E-state index contributed by atoms with van der Waals surface area (Å²) in [4.78, 5) is 16.3. The number of aromatic amines is 1. The molecule has 5 nitrogen and oxygen atoms in total. The van der Waals surface area contributed by atoms with E-state index in [9.17, 15) is 4.79 Å². The second-order valence-corrected chi connectivity index (χ2v) is 6.52. The van der Waals surface area contributed by atoms with E-state index in [4.69, 9.17) is 11.6 Å². The number of hydrogen-bond acceptors (Lipinski definition) is 3. The lowest BCUT2D eigenvalue weighted by molar-refractivity contribution is 0.0824. The van der Waals surface area contributed by atoms with Crippen LogP contribution < -0.4 is 0 Å². The van der Waals surface area contributed by atoms with Crippen LogP contribution in [0.25, 0.3) is 0 Å². The highest BCUT2D eigenvalue weighted by atomic mass is 35.5. The van der Waals surface area contributed by atoms with Crippen LogP contribution in [-0.4, -0.2) is 46.5 Å². The van der Waals surface area contributed by atoms with E-state index in [0.29, 0.717) is 5.56 Å². The molecule has 0 saturated carbocycles. The Hall–Kier alpha value is -1.85. The number of H-pyrrole nitrogens is 1. The van der Waals surface area contributed by atoms with Gasteiger partial charge < -0.3 is 4.90 Å². The number of aromatic nitrogens is 2. The number of nitrogens with one attached hydrogen (secondary N) is 1. The Morgan fingerprint density at radius 3 is 2.96 bits per heavy atom. The van der Waals surface area contributed by atoms with Crippen LogP contribution in [0, 0.1) is 0 Å². The van der Waals surface area contributed by atoms with Crippen molar-refractivity contribution in [3.05, 3.63) is 52.3 Å². The van der Waals surface area contributed by atoms with Crippen molar-refractivity contribution in [3.8, 4) is 0 Å². The van der Waals surface area contributed by atoms with E-state index in [1.54, 1.807) is 25.2 Å². The van der Waals surface area contributed by atoms with Gasteiger partial charge in [-0.05, 0) is 31.0 Å². The molecule has 0 spiro atoms. The lowest BCUT2D eigenvalue weighted by Gasteiger charge is -2.25. The topological polar surface area (TPSA) is 52.2 Å². The normalized spacial score (nSPS) is 18.3. The van der Waals surface area contributed by atoms with Crippen LogP contribution in [0.1, 0.15) is 40.5 Å². The van der Waals surface area contributed by atoms with Crippen LogP contribution in [0.2, 0.25) is 5.02 Å². The van der Waals surface area contributed by atoms with Gasteiger partial charge in [-0.1, -0.05) is 29.8 Å². The third kappa shape index (κ3) is 3.26. The molecule has 0 aliphatic carbocycles. The molecule has 2 heterocycles. The van der Waals surface area contributed by atoms with Gasteiger partial charge in [0, 0.05) is 25.7 Å². The first-order chi connectivity index (χ1) is 11.1. The first-order valence-corrected chi connectivity index (χ1v) is 8.18. The summed E-state index contributed by atoms with van der Waals surface area (Å²) in [7, 11) is 3.52. The number of nitrogens with zero attached hydrogens (tertiary/aromatic N) is 3. The van der Waals surface area contributed by atoms with Gasteiger partial charge in [-0.25, -0.2) is 0 Å². The lowest BCUT2D eigenvalue weighted by atomic mass is 10.1. The number of carbonyl (C=O) groups excluding carboxylic acids is 1. The summed E-state index contributed by atoms with van der Waals surface area (Å²) in [5.41, 5.74) is 2.68. The Balaban J connectivity index is 1.84. The predicted molar refractivity (Wildman–Crippen MR) is 90.4 cm³/mol. The highest BCUT2D eigenvalue weighted by molar-refractivity contribution is 6.31. The average Bonchev–Trinajstić information content (AvgIpc) is 3.17. The molecule has 1 atom stereocenters. The van der Waals surface area contributed by atoms with Crippen molar-refractivity contribution < 1.29 is 4.79 Å². The maximum Gasteiger partial charge on any atom is 0.256 e. The van der Waals surface area contributed by atoms with E-state index >= 15 is 0 Å². The Morgan fingerprint density at radius 1 is 1.43 bits per heavy atom. The highest BCUT2D eigenvalue weighted by Gasteiger charge is 2.31.